The number of amides is 1. The van der Waals surface area contributed by atoms with Crippen LogP contribution in [0.2, 0.25) is 0 Å². The minimum Gasteiger partial charge on any atom is -0.481 e. The van der Waals surface area contributed by atoms with Gasteiger partial charge in [-0.15, -0.1) is 0 Å². The maximum atomic E-state index is 12.6. The van der Waals surface area contributed by atoms with Crippen LogP contribution in [0.5, 0.6) is 5.75 Å². The van der Waals surface area contributed by atoms with E-state index in [9.17, 15) is 9.59 Å². The third-order valence-corrected chi connectivity index (χ3v) is 6.05. The van der Waals surface area contributed by atoms with Crippen LogP contribution in [-0.2, 0) is 4.79 Å². The van der Waals surface area contributed by atoms with Gasteiger partial charge in [-0.2, -0.15) is 11.3 Å². The van der Waals surface area contributed by atoms with Crippen LogP contribution in [0, 0.1) is 6.92 Å². The number of hydrogen-bond acceptors (Lipinski definition) is 5. The van der Waals surface area contributed by atoms with Gasteiger partial charge in [0.05, 0.1) is 0 Å². The maximum Gasteiger partial charge on any atom is 0.336 e. The summed E-state index contributed by atoms with van der Waals surface area (Å²) in [5.74, 6) is 0.525. The molecular formula is C22H23NO4S. The molecular weight excluding hydrogens is 374 g/mol. The first-order valence-electron chi connectivity index (χ1n) is 9.59. The Kier molecular flexibility index (Phi) is 5.22. The van der Waals surface area contributed by atoms with Crippen LogP contribution in [0.15, 0.2) is 44.2 Å². The highest BCUT2D eigenvalue weighted by atomic mass is 32.1. The molecule has 4 rings (SSSR count). The average Bonchev–Trinajstić information content (AvgIpc) is 3.12. The number of rotatable bonds is 4. The van der Waals surface area contributed by atoms with E-state index < -0.39 is 11.7 Å². The van der Waals surface area contributed by atoms with Gasteiger partial charge in [0.25, 0.3) is 5.91 Å². The SMILES string of the molecule is Cc1cscc1-c1cc(=O)oc2cc(OC(C)C(=O)N3CCCCC3)ccc12. The van der Waals surface area contributed by atoms with Crippen LogP contribution in [0.4, 0.5) is 0 Å². The summed E-state index contributed by atoms with van der Waals surface area (Å²) in [6.07, 6.45) is 2.69. The lowest BCUT2D eigenvalue weighted by molar-refractivity contribution is -0.138. The van der Waals surface area contributed by atoms with Crippen LogP contribution >= 0.6 is 11.3 Å². The molecule has 6 heteroatoms. The number of hydrogen-bond donors (Lipinski definition) is 0. The Labute approximate surface area is 167 Å². The van der Waals surface area contributed by atoms with Crippen molar-refractivity contribution in [2.75, 3.05) is 13.1 Å². The lowest BCUT2D eigenvalue weighted by Crippen LogP contribution is -2.43. The number of nitrogens with zero attached hydrogens (tertiary/aromatic N) is 1. The van der Waals surface area contributed by atoms with Crippen molar-refractivity contribution in [2.45, 2.75) is 39.2 Å². The summed E-state index contributed by atoms with van der Waals surface area (Å²) in [7, 11) is 0. The van der Waals surface area contributed by atoms with Gasteiger partial charge in [0.1, 0.15) is 11.3 Å². The van der Waals surface area contributed by atoms with Gasteiger partial charge in [-0.1, -0.05) is 0 Å². The van der Waals surface area contributed by atoms with Crippen molar-refractivity contribution in [3.05, 3.63) is 51.0 Å². The first kappa shape index (κ1) is 18.7. The summed E-state index contributed by atoms with van der Waals surface area (Å²) in [6, 6.07) is 6.94. The Hall–Kier alpha value is -2.60. The monoisotopic (exact) mass is 397 g/mol. The molecule has 1 amide bonds. The van der Waals surface area contributed by atoms with E-state index in [1.807, 2.05) is 29.3 Å². The van der Waals surface area contributed by atoms with Gasteiger partial charge in [-0.25, -0.2) is 4.79 Å². The number of fused-ring (bicyclic) bond motifs is 1. The van der Waals surface area contributed by atoms with Crippen molar-refractivity contribution in [3.63, 3.8) is 0 Å². The summed E-state index contributed by atoms with van der Waals surface area (Å²) in [6.45, 7) is 5.38. The zero-order valence-corrected chi connectivity index (χ0v) is 16.9. The second kappa shape index (κ2) is 7.80. The second-order valence-corrected chi connectivity index (χ2v) is 8.00. The van der Waals surface area contributed by atoms with Gasteiger partial charge >= 0.3 is 5.63 Å². The molecule has 1 unspecified atom stereocenters. The third kappa shape index (κ3) is 3.69. The molecule has 2 aromatic heterocycles. The van der Waals surface area contributed by atoms with E-state index in [1.54, 1.807) is 24.3 Å². The number of likely N-dealkylation sites (tertiary alicyclic amines) is 1. The standard InChI is InChI=1S/C22H23NO4S/c1-14-12-28-13-19(14)18-11-21(24)27-20-10-16(6-7-17(18)20)26-15(2)22(25)23-8-4-3-5-9-23/h6-7,10-13,15H,3-5,8-9H2,1-2H3. The van der Waals surface area contributed by atoms with Gasteiger partial charge in [0, 0.05) is 36.2 Å². The molecule has 1 atom stereocenters. The normalized spacial score (nSPS) is 15.6. The zero-order chi connectivity index (χ0) is 19.7. The van der Waals surface area contributed by atoms with Crippen molar-refractivity contribution in [2.24, 2.45) is 0 Å². The van der Waals surface area contributed by atoms with E-state index in [4.69, 9.17) is 9.15 Å². The van der Waals surface area contributed by atoms with Crippen LogP contribution in [-0.4, -0.2) is 30.0 Å². The molecule has 0 spiro atoms. The highest BCUT2D eigenvalue weighted by Gasteiger charge is 2.23. The van der Waals surface area contributed by atoms with Crippen LogP contribution in [0.25, 0.3) is 22.1 Å². The van der Waals surface area contributed by atoms with Crippen molar-refractivity contribution in [3.8, 4) is 16.9 Å². The number of benzene rings is 1. The summed E-state index contributed by atoms with van der Waals surface area (Å²) >= 11 is 1.60. The van der Waals surface area contributed by atoms with E-state index in [0.29, 0.717) is 11.3 Å². The lowest BCUT2D eigenvalue weighted by atomic mass is 10.0. The number of aryl methyl sites for hydroxylation is 1. The first-order chi connectivity index (χ1) is 13.5. The fraction of sp³-hybridized carbons (Fsp3) is 0.364. The summed E-state index contributed by atoms with van der Waals surface area (Å²) in [4.78, 5) is 26.6. The molecule has 0 bridgehead atoms. The largest absolute Gasteiger partial charge is 0.481 e. The average molecular weight is 397 g/mol. The van der Waals surface area contributed by atoms with Gasteiger partial charge in [-0.05, 0) is 67.1 Å². The molecule has 1 aliphatic heterocycles. The third-order valence-electron chi connectivity index (χ3n) is 5.19. The zero-order valence-electron chi connectivity index (χ0n) is 16.1. The molecule has 146 valence electrons. The fourth-order valence-electron chi connectivity index (χ4n) is 3.70. The highest BCUT2D eigenvalue weighted by molar-refractivity contribution is 7.08. The molecule has 1 aromatic carbocycles. The molecule has 0 N–H and O–H groups in total. The number of carbonyl (C=O) groups is 1. The Morgan fingerprint density at radius 1 is 1.14 bits per heavy atom. The Bertz CT molecular complexity index is 1060. The smallest absolute Gasteiger partial charge is 0.336 e. The van der Waals surface area contributed by atoms with E-state index in [-0.39, 0.29) is 5.91 Å². The number of carbonyl (C=O) groups excluding carboxylic acids is 1. The van der Waals surface area contributed by atoms with Crippen molar-refractivity contribution in [1.29, 1.82) is 0 Å². The Balaban J connectivity index is 1.62. The van der Waals surface area contributed by atoms with E-state index in [2.05, 4.69) is 5.38 Å². The second-order valence-electron chi connectivity index (χ2n) is 7.25. The molecule has 0 saturated carbocycles. The highest BCUT2D eigenvalue weighted by Crippen LogP contribution is 2.33. The number of ether oxygens (including phenoxy) is 1. The molecule has 5 nitrogen and oxygen atoms in total. The van der Waals surface area contributed by atoms with Crippen LogP contribution in [0.1, 0.15) is 31.7 Å². The van der Waals surface area contributed by atoms with Crippen molar-refractivity contribution >= 4 is 28.2 Å². The first-order valence-corrected chi connectivity index (χ1v) is 10.5. The van der Waals surface area contributed by atoms with Crippen LogP contribution in [0.3, 0.4) is 0 Å². The Morgan fingerprint density at radius 3 is 2.64 bits per heavy atom. The predicted octanol–water partition coefficient (Wildman–Crippen LogP) is 4.61. The molecule has 3 aromatic rings. The Morgan fingerprint density at radius 2 is 1.93 bits per heavy atom. The van der Waals surface area contributed by atoms with E-state index in [0.717, 1.165) is 48.0 Å². The number of thiophene rings is 1. The van der Waals surface area contributed by atoms with Crippen molar-refractivity contribution < 1.29 is 13.9 Å². The summed E-state index contributed by atoms with van der Waals surface area (Å²) in [5.41, 5.74) is 3.07. The topological polar surface area (TPSA) is 59.8 Å². The molecule has 0 radical (unpaired) electrons. The number of piperidine rings is 1. The minimum absolute atomic E-state index is 0.00361. The molecule has 1 aliphatic rings. The quantitative estimate of drug-likeness (QED) is 0.603. The van der Waals surface area contributed by atoms with Gasteiger partial charge in [0.2, 0.25) is 0 Å². The molecule has 3 heterocycles. The molecule has 28 heavy (non-hydrogen) atoms. The molecule has 0 aliphatic carbocycles. The summed E-state index contributed by atoms with van der Waals surface area (Å²) in [5, 5.41) is 4.94. The lowest BCUT2D eigenvalue weighted by Gasteiger charge is -2.29. The minimum atomic E-state index is -0.579. The van der Waals surface area contributed by atoms with Crippen LogP contribution < -0.4 is 10.4 Å². The maximum absolute atomic E-state index is 12.6. The predicted molar refractivity (Wildman–Crippen MR) is 111 cm³/mol. The molecule has 1 fully saturated rings. The summed E-state index contributed by atoms with van der Waals surface area (Å²) < 4.78 is 11.3. The fourth-order valence-corrected chi connectivity index (χ4v) is 4.55. The van der Waals surface area contributed by atoms with Gasteiger partial charge in [-0.3, -0.25) is 4.79 Å². The van der Waals surface area contributed by atoms with E-state index >= 15 is 0 Å². The van der Waals surface area contributed by atoms with Gasteiger partial charge < -0.3 is 14.1 Å². The van der Waals surface area contributed by atoms with E-state index in [1.165, 1.54) is 12.5 Å². The van der Waals surface area contributed by atoms with Crippen molar-refractivity contribution in [1.82, 2.24) is 4.90 Å². The van der Waals surface area contributed by atoms with Gasteiger partial charge in [0.15, 0.2) is 6.10 Å². The molecule has 1 saturated heterocycles.